The third-order valence-electron chi connectivity index (χ3n) is 3.14. The average Bonchev–Trinajstić information content (AvgIpc) is 2.43. The molecular weight excluding hydrogens is 178 g/mol. The maximum atomic E-state index is 5.34. The fraction of sp³-hybridized carbons (Fsp3) is 0.700. The van der Waals surface area contributed by atoms with E-state index in [1.807, 2.05) is 6.20 Å². The first kappa shape index (κ1) is 8.44. The molecule has 1 saturated heterocycles. The van der Waals surface area contributed by atoms with Crippen molar-refractivity contribution < 1.29 is 4.74 Å². The van der Waals surface area contributed by atoms with E-state index in [2.05, 4.69) is 27.8 Å². The van der Waals surface area contributed by atoms with E-state index in [0.717, 1.165) is 32.8 Å². The molecule has 4 heteroatoms. The van der Waals surface area contributed by atoms with E-state index in [1.54, 1.807) is 0 Å². The van der Waals surface area contributed by atoms with Gasteiger partial charge >= 0.3 is 0 Å². The van der Waals surface area contributed by atoms with Crippen LogP contribution in [0.1, 0.15) is 5.69 Å². The summed E-state index contributed by atoms with van der Waals surface area (Å²) in [5.74, 6) is 0. The van der Waals surface area contributed by atoms with Gasteiger partial charge in [0.25, 0.3) is 0 Å². The van der Waals surface area contributed by atoms with Crippen molar-refractivity contribution >= 4 is 0 Å². The average molecular weight is 193 g/mol. The Hall–Kier alpha value is -0.870. The van der Waals surface area contributed by atoms with E-state index in [0.29, 0.717) is 5.41 Å². The van der Waals surface area contributed by atoms with Crippen molar-refractivity contribution in [1.29, 1.82) is 0 Å². The molecule has 0 radical (unpaired) electrons. The van der Waals surface area contributed by atoms with Crippen LogP contribution in [0.3, 0.4) is 0 Å². The number of nitrogens with zero attached hydrogens (tertiary/aromatic N) is 3. The van der Waals surface area contributed by atoms with Gasteiger partial charge in [0, 0.05) is 24.7 Å². The van der Waals surface area contributed by atoms with Crippen LogP contribution in [0.2, 0.25) is 0 Å². The second-order valence-electron chi connectivity index (χ2n) is 4.65. The molecule has 0 saturated carbocycles. The lowest BCUT2D eigenvalue weighted by atomic mass is 9.85. The molecular formula is C10H15N3O. The molecule has 2 aliphatic heterocycles. The zero-order valence-electron chi connectivity index (χ0n) is 8.44. The van der Waals surface area contributed by atoms with E-state index < -0.39 is 0 Å². The Morgan fingerprint density at radius 1 is 1.43 bits per heavy atom. The van der Waals surface area contributed by atoms with Crippen LogP contribution >= 0.6 is 0 Å². The van der Waals surface area contributed by atoms with Gasteiger partial charge in [-0.25, -0.2) is 0 Å². The molecule has 3 heterocycles. The molecule has 0 unspecified atom stereocenters. The van der Waals surface area contributed by atoms with Crippen molar-refractivity contribution in [2.75, 3.05) is 26.8 Å². The SMILES string of the molecule is CN1Cc2ccnn2CC2(COC2)C1. The second-order valence-corrected chi connectivity index (χ2v) is 4.65. The highest BCUT2D eigenvalue weighted by Gasteiger charge is 2.42. The summed E-state index contributed by atoms with van der Waals surface area (Å²) in [6, 6.07) is 2.11. The van der Waals surface area contributed by atoms with E-state index in [1.165, 1.54) is 5.69 Å². The van der Waals surface area contributed by atoms with Gasteiger partial charge in [-0.2, -0.15) is 5.10 Å². The zero-order chi connectivity index (χ0) is 9.60. The summed E-state index contributed by atoms with van der Waals surface area (Å²) in [4.78, 5) is 2.36. The molecule has 3 rings (SSSR count). The Bertz CT molecular complexity index is 343. The van der Waals surface area contributed by atoms with Crippen LogP contribution in [-0.4, -0.2) is 41.5 Å². The minimum atomic E-state index is 0.325. The van der Waals surface area contributed by atoms with E-state index in [4.69, 9.17) is 4.74 Å². The first-order chi connectivity index (χ1) is 6.77. The Morgan fingerprint density at radius 2 is 2.29 bits per heavy atom. The molecule has 0 aromatic carbocycles. The van der Waals surface area contributed by atoms with Crippen molar-refractivity contribution in [3.05, 3.63) is 18.0 Å². The van der Waals surface area contributed by atoms with Crippen LogP contribution in [-0.2, 0) is 17.8 Å². The summed E-state index contributed by atoms with van der Waals surface area (Å²) in [5, 5.41) is 4.36. The van der Waals surface area contributed by atoms with E-state index in [-0.39, 0.29) is 0 Å². The van der Waals surface area contributed by atoms with Crippen molar-refractivity contribution in [2.24, 2.45) is 5.41 Å². The fourth-order valence-corrected chi connectivity index (χ4v) is 2.48. The third-order valence-corrected chi connectivity index (χ3v) is 3.14. The third kappa shape index (κ3) is 1.18. The summed E-state index contributed by atoms with van der Waals surface area (Å²) in [6.45, 7) is 4.91. The highest BCUT2D eigenvalue weighted by atomic mass is 16.5. The molecule has 0 amide bonds. The van der Waals surface area contributed by atoms with Crippen molar-refractivity contribution in [1.82, 2.24) is 14.7 Å². The molecule has 76 valence electrons. The zero-order valence-corrected chi connectivity index (χ0v) is 8.44. The molecule has 1 aromatic heterocycles. The normalized spacial score (nSPS) is 25.5. The number of ether oxygens (including phenoxy) is 1. The van der Waals surface area contributed by atoms with Crippen LogP contribution in [0.25, 0.3) is 0 Å². The molecule has 1 aromatic rings. The number of hydrogen-bond donors (Lipinski definition) is 0. The molecule has 14 heavy (non-hydrogen) atoms. The van der Waals surface area contributed by atoms with Gasteiger partial charge in [0.15, 0.2) is 0 Å². The van der Waals surface area contributed by atoms with E-state index >= 15 is 0 Å². The standard InChI is InChI=1S/C10H15N3O/c1-12-4-9-2-3-11-13(9)6-10(5-12)7-14-8-10/h2-3H,4-8H2,1H3. The van der Waals surface area contributed by atoms with Crippen molar-refractivity contribution in [3.63, 3.8) is 0 Å². The Labute approximate surface area is 83.5 Å². The quantitative estimate of drug-likeness (QED) is 0.595. The van der Waals surface area contributed by atoms with Crippen molar-refractivity contribution in [2.45, 2.75) is 13.1 Å². The highest BCUT2D eigenvalue weighted by Crippen LogP contribution is 2.33. The van der Waals surface area contributed by atoms with Gasteiger partial charge in [-0.3, -0.25) is 9.58 Å². The maximum absolute atomic E-state index is 5.34. The Balaban J connectivity index is 1.94. The summed E-state index contributed by atoms with van der Waals surface area (Å²) >= 11 is 0. The fourth-order valence-electron chi connectivity index (χ4n) is 2.48. The van der Waals surface area contributed by atoms with Gasteiger partial charge in [-0.1, -0.05) is 0 Å². The number of fused-ring (bicyclic) bond motifs is 1. The Morgan fingerprint density at radius 3 is 3.00 bits per heavy atom. The van der Waals surface area contributed by atoms with Crippen LogP contribution < -0.4 is 0 Å². The predicted octanol–water partition coefficient (Wildman–Crippen LogP) is 0.345. The van der Waals surface area contributed by atoms with Gasteiger partial charge in [-0.05, 0) is 13.1 Å². The summed E-state index contributed by atoms with van der Waals surface area (Å²) in [6.07, 6.45) is 1.89. The predicted molar refractivity (Wildman–Crippen MR) is 51.8 cm³/mol. The van der Waals surface area contributed by atoms with Crippen LogP contribution in [0.5, 0.6) is 0 Å². The lowest BCUT2D eigenvalue weighted by Gasteiger charge is -2.42. The largest absolute Gasteiger partial charge is 0.380 e. The van der Waals surface area contributed by atoms with Crippen LogP contribution in [0.4, 0.5) is 0 Å². The van der Waals surface area contributed by atoms with Gasteiger partial charge in [-0.15, -0.1) is 0 Å². The van der Waals surface area contributed by atoms with Gasteiger partial charge in [0.1, 0.15) is 0 Å². The molecule has 0 N–H and O–H groups in total. The summed E-state index contributed by atoms with van der Waals surface area (Å²) in [5.41, 5.74) is 1.64. The van der Waals surface area contributed by atoms with Gasteiger partial charge in [0.05, 0.1) is 25.5 Å². The second kappa shape index (κ2) is 2.81. The first-order valence-corrected chi connectivity index (χ1v) is 5.04. The number of aromatic nitrogens is 2. The Kier molecular flexibility index (Phi) is 1.69. The van der Waals surface area contributed by atoms with E-state index in [9.17, 15) is 0 Å². The topological polar surface area (TPSA) is 30.3 Å². The number of hydrogen-bond acceptors (Lipinski definition) is 3. The lowest BCUT2D eigenvalue weighted by molar-refractivity contribution is -0.130. The summed E-state index contributed by atoms with van der Waals surface area (Å²) in [7, 11) is 2.17. The van der Waals surface area contributed by atoms with Crippen molar-refractivity contribution in [3.8, 4) is 0 Å². The molecule has 0 aliphatic carbocycles. The molecule has 1 fully saturated rings. The van der Waals surface area contributed by atoms with Gasteiger partial charge < -0.3 is 4.74 Å². The minimum absolute atomic E-state index is 0.325. The minimum Gasteiger partial charge on any atom is -0.380 e. The van der Waals surface area contributed by atoms with Crippen LogP contribution in [0, 0.1) is 5.41 Å². The highest BCUT2D eigenvalue weighted by molar-refractivity contribution is 5.05. The molecule has 1 spiro atoms. The smallest absolute Gasteiger partial charge is 0.0575 e. The monoisotopic (exact) mass is 193 g/mol. The summed E-state index contributed by atoms with van der Waals surface area (Å²) < 4.78 is 7.47. The lowest BCUT2D eigenvalue weighted by Crippen LogP contribution is -2.51. The molecule has 2 aliphatic rings. The molecule has 0 bridgehead atoms. The maximum Gasteiger partial charge on any atom is 0.0575 e. The number of rotatable bonds is 0. The molecule has 4 nitrogen and oxygen atoms in total. The van der Waals surface area contributed by atoms with Gasteiger partial charge in [0.2, 0.25) is 0 Å². The molecule has 0 atom stereocenters. The first-order valence-electron chi connectivity index (χ1n) is 5.04. The van der Waals surface area contributed by atoms with Crippen LogP contribution in [0.15, 0.2) is 12.3 Å².